The van der Waals surface area contributed by atoms with Gasteiger partial charge in [0, 0.05) is 29.5 Å². The van der Waals surface area contributed by atoms with E-state index in [1.807, 2.05) is 42.5 Å². The molecule has 1 amide bonds. The molecular weight excluding hydrogens is 394 g/mol. The van der Waals surface area contributed by atoms with E-state index in [1.165, 1.54) is 0 Å². The molecule has 0 fully saturated rings. The molecule has 0 N–H and O–H groups in total. The van der Waals surface area contributed by atoms with Crippen LogP contribution in [0.4, 0.5) is 0 Å². The van der Waals surface area contributed by atoms with E-state index in [0.29, 0.717) is 6.42 Å². The van der Waals surface area contributed by atoms with Gasteiger partial charge in [-0.3, -0.25) is 9.78 Å². The predicted molar refractivity (Wildman–Crippen MR) is 101 cm³/mol. The summed E-state index contributed by atoms with van der Waals surface area (Å²) in [7, 11) is 0. The summed E-state index contributed by atoms with van der Waals surface area (Å²) in [4.78, 5) is 21.3. The average molecular weight is 410 g/mol. The number of amides is 1. The molecule has 26 heavy (non-hydrogen) atoms. The van der Waals surface area contributed by atoms with Gasteiger partial charge < -0.3 is 4.57 Å². The highest BCUT2D eigenvalue weighted by molar-refractivity contribution is 9.10. The number of halogens is 1. The molecule has 1 aliphatic rings. The summed E-state index contributed by atoms with van der Waals surface area (Å²) in [6, 6.07) is 13.5. The maximum Gasteiger partial charge on any atom is 0.263 e. The summed E-state index contributed by atoms with van der Waals surface area (Å²) >= 11 is 3.51. The van der Waals surface area contributed by atoms with Crippen LogP contribution < -0.4 is 0 Å². The first kappa shape index (κ1) is 16.7. The van der Waals surface area contributed by atoms with Crippen molar-refractivity contribution in [2.75, 3.05) is 0 Å². The lowest BCUT2D eigenvalue weighted by Crippen LogP contribution is -2.30. The zero-order chi connectivity index (χ0) is 17.9. The number of hydrogen-bond donors (Lipinski definition) is 0. The van der Waals surface area contributed by atoms with Crippen LogP contribution in [0.1, 0.15) is 23.7 Å². The van der Waals surface area contributed by atoms with E-state index in [0.717, 1.165) is 21.4 Å². The number of hydrazone groups is 1. The van der Waals surface area contributed by atoms with Crippen molar-refractivity contribution in [3.8, 4) is 0 Å². The highest BCUT2D eigenvalue weighted by Gasteiger charge is 2.33. The lowest BCUT2D eigenvalue weighted by atomic mass is 10.0. The highest BCUT2D eigenvalue weighted by atomic mass is 79.9. The smallest absolute Gasteiger partial charge is 0.263 e. The second kappa shape index (κ2) is 7.21. The molecule has 3 heterocycles. The van der Waals surface area contributed by atoms with Gasteiger partial charge in [0.2, 0.25) is 0 Å². The Kier molecular flexibility index (Phi) is 4.62. The molecule has 0 radical (unpaired) electrons. The molecule has 0 aliphatic carbocycles. The first-order chi connectivity index (χ1) is 12.7. The second-order valence-electron chi connectivity index (χ2n) is 6.01. The molecule has 6 nitrogen and oxygen atoms in total. The fraction of sp³-hybridized carbons (Fsp3) is 0.158. The molecule has 0 spiro atoms. The van der Waals surface area contributed by atoms with Crippen LogP contribution in [0.2, 0.25) is 0 Å². The third-order valence-corrected chi connectivity index (χ3v) is 4.73. The lowest BCUT2D eigenvalue weighted by Gasteiger charge is -2.22. The minimum atomic E-state index is -0.152. The number of hydrogen-bond acceptors (Lipinski definition) is 4. The van der Waals surface area contributed by atoms with Crippen LogP contribution in [0.5, 0.6) is 0 Å². The van der Waals surface area contributed by atoms with Gasteiger partial charge in [-0.2, -0.15) is 5.10 Å². The molecular formula is C19H16BrN5O. The van der Waals surface area contributed by atoms with E-state index in [2.05, 4.69) is 31.0 Å². The Morgan fingerprint density at radius 3 is 2.85 bits per heavy atom. The van der Waals surface area contributed by atoms with Gasteiger partial charge in [-0.15, -0.1) is 0 Å². The SMILES string of the molecule is O=C(Cn1ccnc1)N1N=C(c2ccccn2)CC1c1cccc(Br)c1. The summed E-state index contributed by atoms with van der Waals surface area (Å²) in [6.45, 7) is 0.198. The first-order valence-corrected chi connectivity index (χ1v) is 9.02. The molecule has 1 unspecified atom stereocenters. The minimum Gasteiger partial charge on any atom is -0.328 e. The Labute approximate surface area is 159 Å². The zero-order valence-corrected chi connectivity index (χ0v) is 15.5. The Balaban J connectivity index is 1.67. The zero-order valence-electron chi connectivity index (χ0n) is 13.9. The molecule has 3 aromatic rings. The number of aromatic nitrogens is 3. The molecule has 2 aromatic heterocycles. The van der Waals surface area contributed by atoms with Gasteiger partial charge in [-0.1, -0.05) is 34.1 Å². The average Bonchev–Trinajstić information content (AvgIpc) is 3.32. The van der Waals surface area contributed by atoms with Crippen molar-refractivity contribution in [2.24, 2.45) is 5.10 Å². The number of pyridine rings is 1. The van der Waals surface area contributed by atoms with Crippen LogP contribution in [0.3, 0.4) is 0 Å². The van der Waals surface area contributed by atoms with Gasteiger partial charge >= 0.3 is 0 Å². The van der Waals surface area contributed by atoms with Crippen LogP contribution in [-0.4, -0.2) is 31.2 Å². The molecule has 130 valence electrons. The molecule has 4 rings (SSSR count). The van der Waals surface area contributed by atoms with E-state index in [-0.39, 0.29) is 18.5 Å². The van der Waals surface area contributed by atoms with E-state index < -0.39 is 0 Å². The van der Waals surface area contributed by atoms with Crippen LogP contribution in [-0.2, 0) is 11.3 Å². The maximum absolute atomic E-state index is 12.9. The van der Waals surface area contributed by atoms with E-state index in [4.69, 9.17) is 0 Å². The third-order valence-electron chi connectivity index (χ3n) is 4.24. The number of carbonyl (C=O) groups is 1. The summed E-state index contributed by atoms with van der Waals surface area (Å²) in [5.74, 6) is -0.0843. The van der Waals surface area contributed by atoms with Crippen molar-refractivity contribution in [1.29, 1.82) is 0 Å². The lowest BCUT2D eigenvalue weighted by molar-refractivity contribution is -0.133. The van der Waals surface area contributed by atoms with Crippen molar-refractivity contribution < 1.29 is 4.79 Å². The van der Waals surface area contributed by atoms with Gasteiger partial charge in [0.25, 0.3) is 5.91 Å². The number of nitrogens with zero attached hydrogens (tertiary/aromatic N) is 5. The van der Waals surface area contributed by atoms with Crippen molar-refractivity contribution in [3.05, 3.63) is 83.1 Å². The van der Waals surface area contributed by atoms with Gasteiger partial charge in [0.05, 0.1) is 23.8 Å². The van der Waals surface area contributed by atoms with Crippen molar-refractivity contribution >= 4 is 27.5 Å². The Hall–Kier alpha value is -2.80. The number of carbonyl (C=O) groups excluding carboxylic acids is 1. The van der Waals surface area contributed by atoms with E-state index >= 15 is 0 Å². The van der Waals surface area contributed by atoms with Crippen LogP contribution in [0, 0.1) is 0 Å². The van der Waals surface area contributed by atoms with Gasteiger partial charge in [-0.25, -0.2) is 9.99 Å². The Bertz CT molecular complexity index is 940. The van der Waals surface area contributed by atoms with Crippen molar-refractivity contribution in [2.45, 2.75) is 19.0 Å². The van der Waals surface area contributed by atoms with Crippen LogP contribution in [0.15, 0.2) is 77.0 Å². The number of rotatable bonds is 4. The standard InChI is InChI=1S/C19H16BrN5O/c20-15-5-3-4-14(10-15)18-11-17(16-6-1-2-7-22-16)23-25(18)19(26)12-24-9-8-21-13-24/h1-10,13,18H,11-12H2. The van der Waals surface area contributed by atoms with Gasteiger partial charge in [-0.05, 0) is 29.8 Å². The first-order valence-electron chi connectivity index (χ1n) is 8.23. The number of benzene rings is 1. The molecule has 0 bridgehead atoms. The molecule has 1 aromatic carbocycles. The van der Waals surface area contributed by atoms with Crippen molar-refractivity contribution in [3.63, 3.8) is 0 Å². The van der Waals surface area contributed by atoms with Gasteiger partial charge in [0.15, 0.2) is 0 Å². The van der Waals surface area contributed by atoms with E-state index in [1.54, 1.807) is 34.5 Å². The van der Waals surface area contributed by atoms with Crippen LogP contribution in [0.25, 0.3) is 0 Å². The normalized spacial score (nSPS) is 16.6. The topological polar surface area (TPSA) is 63.4 Å². The molecule has 7 heteroatoms. The monoisotopic (exact) mass is 409 g/mol. The minimum absolute atomic E-state index is 0.0843. The summed E-state index contributed by atoms with van der Waals surface area (Å²) in [5.41, 5.74) is 2.65. The largest absolute Gasteiger partial charge is 0.328 e. The number of imidazole rings is 1. The molecule has 0 saturated carbocycles. The predicted octanol–water partition coefficient (Wildman–Crippen LogP) is 3.42. The Morgan fingerprint density at radius 2 is 2.12 bits per heavy atom. The Morgan fingerprint density at radius 1 is 1.19 bits per heavy atom. The second-order valence-corrected chi connectivity index (χ2v) is 6.93. The summed E-state index contributed by atoms with van der Waals surface area (Å²) in [6.07, 6.45) is 7.42. The fourth-order valence-corrected chi connectivity index (χ4v) is 3.43. The quantitative estimate of drug-likeness (QED) is 0.662. The third kappa shape index (κ3) is 3.43. The van der Waals surface area contributed by atoms with Crippen molar-refractivity contribution in [1.82, 2.24) is 19.5 Å². The maximum atomic E-state index is 12.9. The van der Waals surface area contributed by atoms with Gasteiger partial charge in [0.1, 0.15) is 6.54 Å². The summed E-state index contributed by atoms with van der Waals surface area (Å²) in [5, 5.41) is 6.19. The fourth-order valence-electron chi connectivity index (χ4n) is 3.01. The molecule has 1 aliphatic heterocycles. The highest BCUT2D eigenvalue weighted by Crippen LogP contribution is 2.33. The van der Waals surface area contributed by atoms with Crippen LogP contribution >= 0.6 is 15.9 Å². The van der Waals surface area contributed by atoms with E-state index in [9.17, 15) is 4.79 Å². The summed E-state index contributed by atoms with van der Waals surface area (Å²) < 4.78 is 2.72. The molecule has 1 atom stereocenters. The molecule has 0 saturated heterocycles.